The van der Waals surface area contributed by atoms with Gasteiger partial charge >= 0.3 is 13.6 Å². The smallest absolute Gasteiger partial charge is 0.410 e. The second-order valence-corrected chi connectivity index (χ2v) is 7.83. The Morgan fingerprint density at radius 2 is 1.91 bits per heavy atom. The number of aliphatic hydroxyl groups is 1. The van der Waals surface area contributed by atoms with Crippen LogP contribution in [0, 0.1) is 0 Å². The van der Waals surface area contributed by atoms with Gasteiger partial charge in [-0.2, -0.15) is 0 Å². The molecule has 0 aromatic heterocycles. The molecule has 0 aliphatic carbocycles. The minimum atomic E-state index is -0.902. The Labute approximate surface area is 141 Å². The molecule has 0 aromatic carbocycles. The van der Waals surface area contributed by atoms with Gasteiger partial charge in [-0.1, -0.05) is 18.5 Å². The quantitative estimate of drug-likeness (QED) is 0.790. The van der Waals surface area contributed by atoms with E-state index < -0.39 is 16.8 Å². The number of amides is 1. The van der Waals surface area contributed by atoms with Crippen LogP contribution in [0.25, 0.3) is 0 Å². The van der Waals surface area contributed by atoms with Crippen LogP contribution in [0.15, 0.2) is 11.5 Å². The summed E-state index contributed by atoms with van der Waals surface area (Å²) in [4.78, 5) is 13.7. The lowest BCUT2D eigenvalue weighted by Gasteiger charge is -2.40. The summed E-state index contributed by atoms with van der Waals surface area (Å²) in [5, 5.41) is 10.4. The minimum absolute atomic E-state index is 0.289. The van der Waals surface area contributed by atoms with E-state index >= 15 is 0 Å². The molecule has 1 rings (SSSR count). The molecule has 1 aliphatic rings. The van der Waals surface area contributed by atoms with E-state index in [1.54, 1.807) is 19.3 Å². The van der Waals surface area contributed by atoms with Gasteiger partial charge in [0, 0.05) is 13.1 Å². The maximum atomic E-state index is 12.0. The summed E-state index contributed by atoms with van der Waals surface area (Å²) >= 11 is 0. The largest absolute Gasteiger partial charge is 0.444 e. The van der Waals surface area contributed by atoms with Gasteiger partial charge in [-0.3, -0.25) is 0 Å². The second-order valence-electron chi connectivity index (χ2n) is 7.83. The number of carbonyl (C=O) groups is 1. The Kier molecular flexibility index (Phi) is 6.33. The van der Waals surface area contributed by atoms with Crippen molar-refractivity contribution >= 4 is 13.6 Å². The number of nitrogens with zero attached hydrogens (tertiary/aromatic N) is 1. The summed E-state index contributed by atoms with van der Waals surface area (Å²) in [7, 11) is 1.70. The molecule has 23 heavy (non-hydrogen) atoms. The molecule has 1 amide bonds. The Hall–Kier alpha value is -1.01. The van der Waals surface area contributed by atoms with Crippen LogP contribution in [-0.2, 0) is 9.39 Å². The van der Waals surface area contributed by atoms with Crippen LogP contribution in [0.3, 0.4) is 0 Å². The SMILES string of the molecule is CCC(C)(O)C(C)(C)O[B]C1=CCN(C(=O)OC(C)(C)C)CC1. The fourth-order valence-electron chi connectivity index (χ4n) is 2.06. The molecular formula is C17H31BNO4. The zero-order valence-electron chi connectivity index (χ0n) is 15.6. The molecule has 0 saturated carbocycles. The van der Waals surface area contributed by atoms with Gasteiger partial charge in [0.05, 0.1) is 11.2 Å². The first-order valence-electron chi connectivity index (χ1n) is 8.28. The van der Waals surface area contributed by atoms with Crippen molar-refractivity contribution < 1.29 is 19.3 Å². The van der Waals surface area contributed by atoms with Crippen LogP contribution in [0.2, 0.25) is 0 Å². The molecular weight excluding hydrogens is 293 g/mol. The third-order valence-electron chi connectivity index (χ3n) is 4.39. The van der Waals surface area contributed by atoms with Gasteiger partial charge in [0.15, 0.2) is 0 Å². The van der Waals surface area contributed by atoms with E-state index in [1.807, 2.05) is 47.6 Å². The van der Waals surface area contributed by atoms with E-state index in [0.717, 1.165) is 5.47 Å². The molecule has 0 spiro atoms. The van der Waals surface area contributed by atoms with Crippen molar-refractivity contribution in [3.63, 3.8) is 0 Å². The Morgan fingerprint density at radius 1 is 1.30 bits per heavy atom. The highest BCUT2D eigenvalue weighted by atomic mass is 16.6. The highest BCUT2D eigenvalue weighted by molar-refractivity contribution is 6.38. The first kappa shape index (κ1) is 20.0. The van der Waals surface area contributed by atoms with Crippen molar-refractivity contribution in [3.8, 4) is 0 Å². The van der Waals surface area contributed by atoms with Crippen LogP contribution < -0.4 is 0 Å². The molecule has 5 nitrogen and oxygen atoms in total. The van der Waals surface area contributed by atoms with Gasteiger partial charge in [-0.15, -0.1) is 0 Å². The van der Waals surface area contributed by atoms with E-state index in [9.17, 15) is 9.90 Å². The summed E-state index contributed by atoms with van der Waals surface area (Å²) < 4.78 is 11.2. The molecule has 1 atom stereocenters. The number of hydrogen-bond acceptors (Lipinski definition) is 4. The van der Waals surface area contributed by atoms with Gasteiger partial charge < -0.3 is 19.4 Å². The second kappa shape index (κ2) is 7.26. The third-order valence-corrected chi connectivity index (χ3v) is 4.39. The van der Waals surface area contributed by atoms with Crippen molar-refractivity contribution in [3.05, 3.63) is 11.5 Å². The lowest BCUT2D eigenvalue weighted by Crippen LogP contribution is -2.50. The van der Waals surface area contributed by atoms with Gasteiger partial charge in [-0.05, 0) is 54.4 Å². The highest BCUT2D eigenvalue weighted by Gasteiger charge is 2.38. The highest BCUT2D eigenvalue weighted by Crippen LogP contribution is 2.29. The molecule has 0 saturated heterocycles. The van der Waals surface area contributed by atoms with Gasteiger partial charge in [0.2, 0.25) is 0 Å². The Morgan fingerprint density at radius 3 is 2.35 bits per heavy atom. The first-order chi connectivity index (χ1) is 10.4. The Balaban J connectivity index is 2.53. The van der Waals surface area contributed by atoms with E-state index in [2.05, 4.69) is 0 Å². The predicted molar refractivity (Wildman–Crippen MR) is 92.3 cm³/mol. The summed E-state index contributed by atoms with van der Waals surface area (Å²) in [6.45, 7) is 14.2. The number of ether oxygens (including phenoxy) is 1. The predicted octanol–water partition coefficient (Wildman–Crippen LogP) is 3.09. The van der Waals surface area contributed by atoms with Crippen molar-refractivity contribution in [2.75, 3.05) is 13.1 Å². The Bertz CT molecular complexity index is 452. The maximum Gasteiger partial charge on any atom is 0.410 e. The van der Waals surface area contributed by atoms with E-state index in [4.69, 9.17) is 9.39 Å². The van der Waals surface area contributed by atoms with E-state index in [1.165, 1.54) is 0 Å². The standard InChI is InChI=1S/C17H31BNO4/c1-8-17(7,21)16(5,6)23-18-13-9-11-19(12-10-13)14(20)22-15(2,3)4/h9,21H,8,10-12H2,1-7H3. The molecule has 0 aromatic rings. The van der Waals surface area contributed by atoms with Crippen molar-refractivity contribution in [1.82, 2.24) is 4.90 Å². The molecule has 6 heteroatoms. The fourth-order valence-corrected chi connectivity index (χ4v) is 2.06. The van der Waals surface area contributed by atoms with Crippen LogP contribution in [-0.4, -0.2) is 53.5 Å². The van der Waals surface area contributed by atoms with E-state index in [0.29, 0.717) is 25.9 Å². The van der Waals surface area contributed by atoms with Gasteiger partial charge in [-0.25, -0.2) is 4.79 Å². The number of carbonyl (C=O) groups excluding carboxylic acids is 1. The summed E-state index contributed by atoms with van der Waals surface area (Å²) in [5.74, 6) is 0. The van der Waals surface area contributed by atoms with Crippen molar-refractivity contribution in [2.24, 2.45) is 0 Å². The number of hydrogen-bond donors (Lipinski definition) is 1. The lowest BCUT2D eigenvalue weighted by molar-refractivity contribution is -0.104. The molecule has 1 heterocycles. The maximum absolute atomic E-state index is 12.0. The third kappa shape index (κ3) is 5.85. The van der Waals surface area contributed by atoms with Crippen LogP contribution in [0.1, 0.15) is 61.3 Å². The molecule has 131 valence electrons. The summed E-state index contributed by atoms with van der Waals surface area (Å²) in [6.07, 6.45) is 3.00. The molecule has 1 radical (unpaired) electrons. The topological polar surface area (TPSA) is 59.0 Å². The van der Waals surface area contributed by atoms with Crippen molar-refractivity contribution in [1.29, 1.82) is 0 Å². The fraction of sp³-hybridized carbons (Fsp3) is 0.824. The zero-order chi connectivity index (χ0) is 17.9. The molecule has 1 aliphatic heterocycles. The monoisotopic (exact) mass is 324 g/mol. The van der Waals surface area contributed by atoms with Crippen molar-refractivity contribution in [2.45, 2.75) is 78.1 Å². The zero-order valence-corrected chi connectivity index (χ0v) is 15.6. The summed E-state index contributed by atoms with van der Waals surface area (Å²) in [5.41, 5.74) is -1.03. The number of rotatable bonds is 5. The first-order valence-corrected chi connectivity index (χ1v) is 8.28. The minimum Gasteiger partial charge on any atom is -0.444 e. The van der Waals surface area contributed by atoms with Gasteiger partial charge in [0.1, 0.15) is 5.60 Å². The van der Waals surface area contributed by atoms with Gasteiger partial charge in [0.25, 0.3) is 0 Å². The van der Waals surface area contributed by atoms with Crippen LogP contribution >= 0.6 is 0 Å². The van der Waals surface area contributed by atoms with E-state index in [-0.39, 0.29) is 6.09 Å². The molecule has 1 N–H and O–H groups in total. The van der Waals surface area contributed by atoms with Crippen LogP contribution in [0.4, 0.5) is 4.79 Å². The van der Waals surface area contributed by atoms with Crippen LogP contribution in [0.5, 0.6) is 0 Å². The average Bonchev–Trinajstić information content (AvgIpc) is 2.43. The average molecular weight is 324 g/mol. The molecule has 0 fully saturated rings. The lowest BCUT2D eigenvalue weighted by atomic mass is 9.78. The summed E-state index contributed by atoms with van der Waals surface area (Å²) in [6, 6.07) is 0. The molecule has 0 bridgehead atoms. The normalized spacial score (nSPS) is 19.0. The molecule has 1 unspecified atom stereocenters.